The predicted molar refractivity (Wildman–Crippen MR) is 73.4 cm³/mol. The molecule has 0 bridgehead atoms. The smallest absolute Gasteiger partial charge is 0.310 e. The SMILES string of the molecule is CCCCN(c1cccc(Cl)c1[N+](=O)[O-])C1CC1. The van der Waals surface area contributed by atoms with Gasteiger partial charge in [0.05, 0.1) is 4.92 Å². The Morgan fingerprint density at radius 1 is 1.50 bits per heavy atom. The van der Waals surface area contributed by atoms with Crippen molar-refractivity contribution in [2.75, 3.05) is 11.4 Å². The molecule has 0 heterocycles. The van der Waals surface area contributed by atoms with E-state index in [-0.39, 0.29) is 15.6 Å². The number of hydrogen-bond donors (Lipinski definition) is 0. The van der Waals surface area contributed by atoms with Crippen LogP contribution in [-0.4, -0.2) is 17.5 Å². The molecule has 1 aromatic rings. The summed E-state index contributed by atoms with van der Waals surface area (Å²) in [5, 5.41) is 11.4. The van der Waals surface area contributed by atoms with Crippen LogP contribution in [0, 0.1) is 10.1 Å². The maximum Gasteiger partial charge on any atom is 0.310 e. The fourth-order valence-corrected chi connectivity index (χ4v) is 2.37. The van der Waals surface area contributed by atoms with Gasteiger partial charge in [0.1, 0.15) is 10.7 Å². The van der Waals surface area contributed by atoms with Gasteiger partial charge in [-0.1, -0.05) is 31.0 Å². The van der Waals surface area contributed by atoms with Crippen LogP contribution in [0.4, 0.5) is 11.4 Å². The van der Waals surface area contributed by atoms with Gasteiger partial charge in [-0.05, 0) is 31.4 Å². The number of anilines is 1. The maximum atomic E-state index is 11.2. The van der Waals surface area contributed by atoms with E-state index in [4.69, 9.17) is 11.6 Å². The minimum atomic E-state index is -0.376. The summed E-state index contributed by atoms with van der Waals surface area (Å²) in [4.78, 5) is 12.9. The second kappa shape index (κ2) is 5.57. The zero-order chi connectivity index (χ0) is 13.1. The summed E-state index contributed by atoms with van der Waals surface area (Å²) < 4.78 is 0. The van der Waals surface area contributed by atoms with Gasteiger partial charge in [0, 0.05) is 12.6 Å². The third kappa shape index (κ3) is 2.75. The molecule has 0 N–H and O–H groups in total. The second-order valence-corrected chi connectivity index (χ2v) is 5.05. The zero-order valence-corrected chi connectivity index (χ0v) is 11.2. The highest BCUT2D eigenvalue weighted by Crippen LogP contribution is 2.40. The summed E-state index contributed by atoms with van der Waals surface area (Å²) in [7, 11) is 0. The molecule has 4 nitrogen and oxygen atoms in total. The van der Waals surface area contributed by atoms with Crippen LogP contribution in [0.1, 0.15) is 32.6 Å². The van der Waals surface area contributed by atoms with Crippen molar-refractivity contribution in [3.63, 3.8) is 0 Å². The van der Waals surface area contributed by atoms with Gasteiger partial charge in [-0.15, -0.1) is 0 Å². The van der Waals surface area contributed by atoms with Crippen LogP contribution < -0.4 is 4.90 Å². The minimum Gasteiger partial charge on any atom is -0.363 e. The second-order valence-electron chi connectivity index (χ2n) is 4.64. The third-order valence-electron chi connectivity index (χ3n) is 3.20. The van der Waals surface area contributed by atoms with Gasteiger partial charge in [-0.3, -0.25) is 10.1 Å². The number of nitrogens with zero attached hydrogens (tertiary/aromatic N) is 2. The summed E-state index contributed by atoms with van der Waals surface area (Å²) in [6, 6.07) is 5.62. The van der Waals surface area contributed by atoms with E-state index in [1.54, 1.807) is 18.2 Å². The highest BCUT2D eigenvalue weighted by Gasteiger charge is 2.33. The van der Waals surface area contributed by atoms with Gasteiger partial charge in [-0.25, -0.2) is 0 Å². The van der Waals surface area contributed by atoms with Crippen LogP contribution in [0.5, 0.6) is 0 Å². The first-order valence-electron chi connectivity index (χ1n) is 6.34. The van der Waals surface area contributed by atoms with Crippen molar-refractivity contribution in [2.45, 2.75) is 38.6 Å². The van der Waals surface area contributed by atoms with Gasteiger partial charge in [0.2, 0.25) is 0 Å². The standard InChI is InChI=1S/C13H17ClN2O2/c1-2-3-9-15(10-7-8-10)12-6-4-5-11(14)13(12)16(17)18/h4-6,10H,2-3,7-9H2,1H3. The lowest BCUT2D eigenvalue weighted by Crippen LogP contribution is -2.27. The number of benzene rings is 1. The Morgan fingerprint density at radius 3 is 2.78 bits per heavy atom. The number of hydrogen-bond acceptors (Lipinski definition) is 3. The van der Waals surface area contributed by atoms with Crippen molar-refractivity contribution in [1.82, 2.24) is 0 Å². The molecule has 1 saturated carbocycles. The molecule has 0 aliphatic heterocycles. The predicted octanol–water partition coefficient (Wildman–Crippen LogP) is 4.02. The van der Waals surface area contributed by atoms with E-state index < -0.39 is 0 Å². The van der Waals surface area contributed by atoms with Crippen molar-refractivity contribution >= 4 is 23.0 Å². The van der Waals surface area contributed by atoms with Gasteiger partial charge in [-0.2, -0.15) is 0 Å². The van der Waals surface area contributed by atoms with Crippen LogP contribution in [0.25, 0.3) is 0 Å². The molecule has 0 radical (unpaired) electrons. The first-order chi connectivity index (χ1) is 8.65. The third-order valence-corrected chi connectivity index (χ3v) is 3.50. The van der Waals surface area contributed by atoms with Gasteiger partial charge >= 0.3 is 5.69 Å². The molecule has 5 heteroatoms. The number of nitro groups is 1. The van der Waals surface area contributed by atoms with E-state index >= 15 is 0 Å². The lowest BCUT2D eigenvalue weighted by molar-refractivity contribution is -0.384. The van der Waals surface area contributed by atoms with Crippen molar-refractivity contribution in [2.24, 2.45) is 0 Å². The van der Waals surface area contributed by atoms with Crippen LogP contribution in [0.3, 0.4) is 0 Å². The fraction of sp³-hybridized carbons (Fsp3) is 0.538. The Bertz CT molecular complexity index is 447. The Balaban J connectivity index is 2.34. The van der Waals surface area contributed by atoms with Crippen LogP contribution in [0.15, 0.2) is 18.2 Å². The quantitative estimate of drug-likeness (QED) is 0.578. The van der Waals surface area contributed by atoms with Crippen LogP contribution >= 0.6 is 11.6 Å². The summed E-state index contributed by atoms with van der Waals surface area (Å²) in [6.45, 7) is 2.99. The molecule has 0 spiro atoms. The molecule has 2 rings (SSSR count). The monoisotopic (exact) mass is 268 g/mol. The minimum absolute atomic E-state index is 0.0437. The van der Waals surface area contributed by atoms with E-state index in [2.05, 4.69) is 11.8 Å². The van der Waals surface area contributed by atoms with E-state index in [9.17, 15) is 10.1 Å². The first kappa shape index (κ1) is 13.1. The van der Waals surface area contributed by atoms with Crippen LogP contribution in [-0.2, 0) is 0 Å². The molecular weight excluding hydrogens is 252 g/mol. The molecular formula is C13H17ClN2O2. The molecule has 0 amide bonds. The largest absolute Gasteiger partial charge is 0.363 e. The maximum absolute atomic E-state index is 11.2. The number of nitro benzene ring substituents is 1. The number of rotatable bonds is 6. The van der Waals surface area contributed by atoms with Crippen molar-refractivity contribution in [3.05, 3.63) is 33.3 Å². The van der Waals surface area contributed by atoms with Gasteiger partial charge < -0.3 is 4.90 Å². The molecule has 0 aromatic heterocycles. The summed E-state index contributed by atoms with van der Waals surface area (Å²) in [5.41, 5.74) is 0.714. The van der Waals surface area contributed by atoms with E-state index in [0.29, 0.717) is 11.7 Å². The van der Waals surface area contributed by atoms with Crippen LogP contribution in [0.2, 0.25) is 5.02 Å². The highest BCUT2D eigenvalue weighted by atomic mass is 35.5. The number of para-hydroxylation sites is 1. The highest BCUT2D eigenvalue weighted by molar-refractivity contribution is 6.33. The molecule has 1 aliphatic carbocycles. The molecule has 98 valence electrons. The van der Waals surface area contributed by atoms with Crippen molar-refractivity contribution in [3.8, 4) is 0 Å². The Labute approximate surface area is 112 Å². The molecule has 0 atom stereocenters. The van der Waals surface area contributed by atoms with Crippen molar-refractivity contribution < 1.29 is 4.92 Å². The van der Waals surface area contributed by atoms with E-state index in [1.165, 1.54) is 0 Å². The molecule has 0 saturated heterocycles. The topological polar surface area (TPSA) is 46.4 Å². The Hall–Kier alpha value is -1.29. The molecule has 1 aliphatic rings. The summed E-state index contributed by atoms with van der Waals surface area (Å²) in [5.74, 6) is 0. The zero-order valence-electron chi connectivity index (χ0n) is 10.4. The first-order valence-corrected chi connectivity index (χ1v) is 6.72. The molecule has 1 aromatic carbocycles. The molecule has 18 heavy (non-hydrogen) atoms. The summed E-state index contributed by atoms with van der Waals surface area (Å²) in [6.07, 6.45) is 4.36. The Morgan fingerprint density at radius 2 is 2.22 bits per heavy atom. The summed E-state index contributed by atoms with van der Waals surface area (Å²) >= 11 is 5.96. The molecule has 0 unspecified atom stereocenters. The average molecular weight is 269 g/mol. The average Bonchev–Trinajstić information content (AvgIpc) is 3.13. The van der Waals surface area contributed by atoms with E-state index in [1.807, 2.05) is 0 Å². The lowest BCUT2D eigenvalue weighted by atomic mass is 10.2. The van der Waals surface area contributed by atoms with Gasteiger partial charge in [0.25, 0.3) is 0 Å². The van der Waals surface area contributed by atoms with E-state index in [0.717, 1.165) is 32.2 Å². The lowest BCUT2D eigenvalue weighted by Gasteiger charge is -2.24. The molecule has 1 fully saturated rings. The normalized spacial score (nSPS) is 14.6. The fourth-order valence-electron chi connectivity index (χ4n) is 2.13. The van der Waals surface area contributed by atoms with Gasteiger partial charge in [0.15, 0.2) is 0 Å². The number of halogens is 1. The number of unbranched alkanes of at least 4 members (excludes halogenated alkanes) is 1. The Kier molecular flexibility index (Phi) is 4.07. The van der Waals surface area contributed by atoms with Crippen molar-refractivity contribution in [1.29, 1.82) is 0 Å².